The highest BCUT2D eigenvalue weighted by molar-refractivity contribution is 14.0. The average Bonchev–Trinajstić information content (AvgIpc) is 2.50. The first kappa shape index (κ1) is 17.7. The number of nitrogens with zero attached hydrogens (tertiary/aromatic N) is 2. The van der Waals surface area contributed by atoms with Gasteiger partial charge in [-0.15, -0.1) is 24.0 Å². The van der Waals surface area contributed by atoms with E-state index in [1.165, 1.54) is 0 Å². The molecule has 2 aromatic rings. The maximum Gasteiger partial charge on any atom is 0.191 e. The van der Waals surface area contributed by atoms with Crippen molar-refractivity contribution in [2.45, 2.75) is 26.8 Å². The van der Waals surface area contributed by atoms with Crippen LogP contribution < -0.4 is 10.6 Å². The summed E-state index contributed by atoms with van der Waals surface area (Å²) in [5.74, 6) is 0.863. The van der Waals surface area contributed by atoms with Crippen molar-refractivity contribution in [2.24, 2.45) is 4.99 Å². The molecule has 1 heterocycles. The molecule has 2 rings (SSSR count). The minimum atomic E-state index is 0. The number of aliphatic imine (C=N–C) groups is 1. The van der Waals surface area contributed by atoms with E-state index >= 15 is 0 Å². The standard InChI is InChI=1S/C16H22N4.HI/c1-3-10-19-16(17-4-2)20-12-14-8-5-7-13-9-6-11-18-15(13)14;/h5-9,11H,3-4,10,12H2,1-2H3,(H2,17,19,20);1H. The van der Waals surface area contributed by atoms with Crippen LogP contribution in [-0.2, 0) is 6.54 Å². The molecule has 0 spiro atoms. The van der Waals surface area contributed by atoms with E-state index in [1.807, 2.05) is 12.3 Å². The van der Waals surface area contributed by atoms with E-state index in [4.69, 9.17) is 0 Å². The number of nitrogens with one attached hydrogen (secondary N) is 2. The van der Waals surface area contributed by atoms with Gasteiger partial charge in [-0.05, 0) is 25.0 Å². The molecule has 0 atom stereocenters. The van der Waals surface area contributed by atoms with Crippen LogP contribution in [0.3, 0.4) is 0 Å². The van der Waals surface area contributed by atoms with Crippen LogP contribution in [0.25, 0.3) is 10.9 Å². The van der Waals surface area contributed by atoms with Crippen molar-refractivity contribution < 1.29 is 0 Å². The SMILES string of the molecule is CCCNC(=NCc1cccc2cccnc12)NCC.I. The fourth-order valence-electron chi connectivity index (χ4n) is 2.04. The molecule has 0 aliphatic rings. The number of rotatable bonds is 5. The molecule has 1 aromatic carbocycles. The fraction of sp³-hybridized carbons (Fsp3) is 0.375. The van der Waals surface area contributed by atoms with E-state index < -0.39 is 0 Å². The number of halogens is 1. The van der Waals surface area contributed by atoms with E-state index in [0.717, 1.165) is 41.9 Å². The van der Waals surface area contributed by atoms with Crippen LogP contribution in [0, 0.1) is 0 Å². The molecule has 0 fully saturated rings. The smallest absolute Gasteiger partial charge is 0.191 e. The highest BCUT2D eigenvalue weighted by Gasteiger charge is 2.02. The highest BCUT2D eigenvalue weighted by atomic mass is 127. The Bertz CT molecular complexity index is 578. The van der Waals surface area contributed by atoms with E-state index in [9.17, 15) is 0 Å². The second kappa shape index (κ2) is 9.55. The van der Waals surface area contributed by atoms with E-state index in [-0.39, 0.29) is 24.0 Å². The van der Waals surface area contributed by atoms with Gasteiger partial charge in [-0.1, -0.05) is 31.2 Å². The van der Waals surface area contributed by atoms with Gasteiger partial charge in [0.05, 0.1) is 12.1 Å². The second-order valence-electron chi connectivity index (χ2n) is 4.61. The summed E-state index contributed by atoms with van der Waals surface area (Å²) in [4.78, 5) is 9.08. The first-order valence-electron chi connectivity index (χ1n) is 7.20. The van der Waals surface area contributed by atoms with Gasteiger partial charge in [-0.3, -0.25) is 4.98 Å². The zero-order chi connectivity index (χ0) is 14.2. The third-order valence-corrected chi connectivity index (χ3v) is 3.01. The summed E-state index contributed by atoms with van der Waals surface area (Å²) in [5, 5.41) is 7.72. The average molecular weight is 398 g/mol. The van der Waals surface area contributed by atoms with Crippen LogP contribution in [0.15, 0.2) is 41.5 Å². The highest BCUT2D eigenvalue weighted by Crippen LogP contribution is 2.16. The van der Waals surface area contributed by atoms with Crippen LogP contribution in [0.1, 0.15) is 25.8 Å². The summed E-state index contributed by atoms with van der Waals surface area (Å²) in [6.45, 7) is 6.64. The van der Waals surface area contributed by atoms with Crippen molar-refractivity contribution in [1.29, 1.82) is 0 Å². The van der Waals surface area contributed by atoms with E-state index in [1.54, 1.807) is 0 Å². The quantitative estimate of drug-likeness (QED) is 0.462. The number of hydrogen-bond acceptors (Lipinski definition) is 2. The van der Waals surface area contributed by atoms with Gasteiger partial charge in [-0.25, -0.2) is 4.99 Å². The number of para-hydroxylation sites is 1. The molecular formula is C16H23IN4. The molecule has 0 saturated carbocycles. The van der Waals surface area contributed by atoms with Gasteiger partial charge in [0.25, 0.3) is 0 Å². The molecule has 0 amide bonds. The minimum absolute atomic E-state index is 0. The zero-order valence-corrected chi connectivity index (χ0v) is 14.9. The number of fused-ring (bicyclic) bond motifs is 1. The summed E-state index contributed by atoms with van der Waals surface area (Å²) >= 11 is 0. The van der Waals surface area contributed by atoms with Crippen molar-refractivity contribution in [3.05, 3.63) is 42.1 Å². The number of aromatic nitrogens is 1. The monoisotopic (exact) mass is 398 g/mol. The van der Waals surface area contributed by atoms with Crippen molar-refractivity contribution in [1.82, 2.24) is 15.6 Å². The van der Waals surface area contributed by atoms with Crippen molar-refractivity contribution in [2.75, 3.05) is 13.1 Å². The van der Waals surface area contributed by atoms with E-state index in [2.05, 4.69) is 58.7 Å². The lowest BCUT2D eigenvalue weighted by atomic mass is 10.1. The lowest BCUT2D eigenvalue weighted by Gasteiger charge is -2.10. The summed E-state index contributed by atoms with van der Waals surface area (Å²) < 4.78 is 0. The number of guanidine groups is 1. The largest absolute Gasteiger partial charge is 0.357 e. The zero-order valence-electron chi connectivity index (χ0n) is 12.6. The molecule has 0 saturated heterocycles. The van der Waals surface area contributed by atoms with Gasteiger partial charge in [0.2, 0.25) is 0 Å². The molecule has 21 heavy (non-hydrogen) atoms. The van der Waals surface area contributed by atoms with Gasteiger partial charge < -0.3 is 10.6 Å². The molecule has 0 radical (unpaired) electrons. The summed E-state index contributed by atoms with van der Waals surface area (Å²) in [6.07, 6.45) is 2.91. The number of benzene rings is 1. The maximum absolute atomic E-state index is 4.63. The molecule has 1 aromatic heterocycles. The Labute approximate surface area is 143 Å². The van der Waals surface area contributed by atoms with E-state index in [0.29, 0.717) is 6.54 Å². The van der Waals surface area contributed by atoms with Gasteiger partial charge in [0.1, 0.15) is 0 Å². The lowest BCUT2D eigenvalue weighted by molar-refractivity contribution is 0.785. The van der Waals surface area contributed by atoms with Crippen molar-refractivity contribution >= 4 is 40.8 Å². The van der Waals surface area contributed by atoms with Crippen LogP contribution >= 0.6 is 24.0 Å². The first-order chi connectivity index (χ1) is 9.85. The Kier molecular flexibility index (Phi) is 8.04. The van der Waals surface area contributed by atoms with Crippen LogP contribution in [0.4, 0.5) is 0 Å². The Balaban J connectivity index is 0.00000220. The molecule has 0 aliphatic heterocycles. The summed E-state index contributed by atoms with van der Waals surface area (Å²) in [7, 11) is 0. The normalized spacial score (nSPS) is 11.0. The van der Waals surface area contributed by atoms with Gasteiger partial charge in [-0.2, -0.15) is 0 Å². The van der Waals surface area contributed by atoms with Gasteiger partial charge in [0, 0.05) is 24.7 Å². The van der Waals surface area contributed by atoms with Crippen LogP contribution in [0.5, 0.6) is 0 Å². The van der Waals surface area contributed by atoms with Crippen LogP contribution in [-0.4, -0.2) is 24.0 Å². The van der Waals surface area contributed by atoms with Gasteiger partial charge in [0.15, 0.2) is 5.96 Å². The third kappa shape index (κ3) is 5.15. The Hall–Kier alpha value is -1.37. The molecule has 5 heteroatoms. The lowest BCUT2D eigenvalue weighted by Crippen LogP contribution is -2.37. The van der Waals surface area contributed by atoms with Crippen LogP contribution in [0.2, 0.25) is 0 Å². The molecular weight excluding hydrogens is 375 g/mol. The topological polar surface area (TPSA) is 49.3 Å². The predicted octanol–water partition coefficient (Wildman–Crippen LogP) is 3.32. The molecule has 0 unspecified atom stereocenters. The Morgan fingerprint density at radius 3 is 2.71 bits per heavy atom. The summed E-state index contributed by atoms with van der Waals surface area (Å²) in [5.41, 5.74) is 2.18. The Morgan fingerprint density at radius 2 is 1.95 bits per heavy atom. The molecule has 0 bridgehead atoms. The third-order valence-electron chi connectivity index (χ3n) is 3.01. The minimum Gasteiger partial charge on any atom is -0.357 e. The summed E-state index contributed by atoms with van der Waals surface area (Å²) in [6, 6.07) is 10.3. The van der Waals surface area contributed by atoms with Gasteiger partial charge >= 0.3 is 0 Å². The molecule has 4 nitrogen and oxygen atoms in total. The molecule has 114 valence electrons. The molecule has 2 N–H and O–H groups in total. The number of hydrogen-bond donors (Lipinski definition) is 2. The predicted molar refractivity (Wildman–Crippen MR) is 100 cm³/mol. The maximum atomic E-state index is 4.63. The van der Waals surface area contributed by atoms with Crippen molar-refractivity contribution in [3.8, 4) is 0 Å². The van der Waals surface area contributed by atoms with Crippen molar-refractivity contribution in [3.63, 3.8) is 0 Å². The fourth-order valence-corrected chi connectivity index (χ4v) is 2.04. The molecule has 0 aliphatic carbocycles. The number of pyridine rings is 1. The Morgan fingerprint density at radius 1 is 1.14 bits per heavy atom. The second-order valence-corrected chi connectivity index (χ2v) is 4.61. The first-order valence-corrected chi connectivity index (χ1v) is 7.20.